The molecule has 5 rings (SSSR count). The van der Waals surface area contributed by atoms with E-state index in [1.54, 1.807) is 44.3 Å². The first-order valence-corrected chi connectivity index (χ1v) is 12.0. The standard InChI is InChI=1S/C30H26N2O5/c1-17(2)37-30(36)19-11-13-21(14-12-19)32-26(20-8-6-7-18(3)15-20)25(28(34)29(32)35)27(33)23-16-31-24-10-5-4-9-22(23)24/h4-17,26,31,33H,1-3H3/b27-25-. The highest BCUT2D eigenvalue weighted by atomic mass is 16.5. The smallest absolute Gasteiger partial charge is 0.338 e. The topological polar surface area (TPSA) is 99.7 Å². The third kappa shape index (κ3) is 4.29. The van der Waals surface area contributed by atoms with Gasteiger partial charge in [0.05, 0.1) is 23.3 Å². The number of anilines is 1. The van der Waals surface area contributed by atoms with Crippen LogP contribution in [-0.4, -0.2) is 33.9 Å². The number of hydrogen-bond donors (Lipinski definition) is 2. The van der Waals surface area contributed by atoms with Gasteiger partial charge in [-0.3, -0.25) is 14.5 Å². The molecule has 1 amide bonds. The number of H-pyrrole nitrogens is 1. The number of aryl methyl sites for hydroxylation is 1. The van der Waals surface area contributed by atoms with Gasteiger partial charge in [0, 0.05) is 28.4 Å². The van der Waals surface area contributed by atoms with Crippen molar-refractivity contribution in [2.45, 2.75) is 32.9 Å². The van der Waals surface area contributed by atoms with Crippen molar-refractivity contribution in [1.82, 2.24) is 4.98 Å². The number of Topliss-reactive ketones (excluding diaryl/α,β-unsaturated/α-hetero) is 1. The van der Waals surface area contributed by atoms with Crippen molar-refractivity contribution in [2.75, 3.05) is 4.90 Å². The number of aliphatic hydroxyl groups is 1. The molecule has 0 bridgehead atoms. The number of ketones is 1. The Kier molecular flexibility index (Phi) is 6.13. The Labute approximate surface area is 214 Å². The summed E-state index contributed by atoms with van der Waals surface area (Å²) < 4.78 is 5.25. The number of aromatic amines is 1. The minimum atomic E-state index is -0.859. The molecular weight excluding hydrogens is 468 g/mol. The Hall–Kier alpha value is -4.65. The van der Waals surface area contributed by atoms with Crippen LogP contribution in [0.15, 0.2) is 84.6 Å². The predicted molar refractivity (Wildman–Crippen MR) is 141 cm³/mol. The molecular formula is C30H26N2O5. The van der Waals surface area contributed by atoms with Gasteiger partial charge in [-0.1, -0.05) is 48.0 Å². The molecule has 1 atom stereocenters. The Morgan fingerprint density at radius 1 is 1.00 bits per heavy atom. The lowest BCUT2D eigenvalue weighted by molar-refractivity contribution is -0.132. The lowest BCUT2D eigenvalue weighted by Gasteiger charge is -2.26. The second-order valence-corrected chi connectivity index (χ2v) is 9.33. The van der Waals surface area contributed by atoms with Gasteiger partial charge in [-0.05, 0) is 56.7 Å². The number of carbonyl (C=O) groups excluding carboxylic acids is 3. The average Bonchev–Trinajstić information content (AvgIpc) is 3.42. The Balaban J connectivity index is 1.66. The summed E-state index contributed by atoms with van der Waals surface area (Å²) in [6.45, 7) is 5.45. The quantitative estimate of drug-likeness (QED) is 0.161. The van der Waals surface area contributed by atoms with Crippen LogP contribution < -0.4 is 4.90 Å². The van der Waals surface area contributed by atoms with Crippen LogP contribution in [0.5, 0.6) is 0 Å². The Morgan fingerprint density at radius 2 is 1.73 bits per heavy atom. The molecule has 2 N–H and O–H groups in total. The van der Waals surface area contributed by atoms with E-state index in [0.29, 0.717) is 22.4 Å². The molecule has 0 radical (unpaired) electrons. The van der Waals surface area contributed by atoms with E-state index in [4.69, 9.17) is 4.74 Å². The summed E-state index contributed by atoms with van der Waals surface area (Å²) in [6, 6.07) is 20.4. The van der Waals surface area contributed by atoms with Crippen LogP contribution in [0.3, 0.4) is 0 Å². The largest absolute Gasteiger partial charge is 0.507 e. The van der Waals surface area contributed by atoms with Crippen LogP contribution in [0.4, 0.5) is 5.69 Å². The number of ether oxygens (including phenoxy) is 1. The van der Waals surface area contributed by atoms with Gasteiger partial charge in [-0.25, -0.2) is 4.79 Å². The number of esters is 1. The third-order valence-corrected chi connectivity index (χ3v) is 6.37. The van der Waals surface area contributed by atoms with E-state index >= 15 is 0 Å². The second kappa shape index (κ2) is 9.43. The van der Waals surface area contributed by atoms with Crippen molar-refractivity contribution in [2.24, 2.45) is 0 Å². The molecule has 7 heteroatoms. The van der Waals surface area contributed by atoms with Crippen molar-refractivity contribution < 1.29 is 24.2 Å². The Bertz CT molecular complexity index is 1560. The van der Waals surface area contributed by atoms with Crippen LogP contribution in [0.2, 0.25) is 0 Å². The molecule has 7 nitrogen and oxygen atoms in total. The van der Waals surface area contributed by atoms with Gasteiger partial charge in [0.25, 0.3) is 11.7 Å². The average molecular weight is 495 g/mol. The summed E-state index contributed by atoms with van der Waals surface area (Å²) in [4.78, 5) is 43.6. The molecule has 1 saturated heterocycles. The molecule has 1 fully saturated rings. The maximum absolute atomic E-state index is 13.4. The van der Waals surface area contributed by atoms with Crippen LogP contribution in [0, 0.1) is 6.92 Å². The van der Waals surface area contributed by atoms with E-state index in [-0.39, 0.29) is 17.4 Å². The van der Waals surface area contributed by atoms with E-state index in [0.717, 1.165) is 16.5 Å². The molecule has 0 saturated carbocycles. The van der Waals surface area contributed by atoms with Gasteiger partial charge >= 0.3 is 5.97 Å². The number of fused-ring (bicyclic) bond motifs is 1. The van der Waals surface area contributed by atoms with Gasteiger partial charge in [-0.2, -0.15) is 0 Å². The number of nitrogens with one attached hydrogen (secondary N) is 1. The summed E-state index contributed by atoms with van der Waals surface area (Å²) in [6.07, 6.45) is 1.37. The van der Waals surface area contributed by atoms with Gasteiger partial charge in [-0.15, -0.1) is 0 Å². The number of rotatable bonds is 5. The zero-order valence-electron chi connectivity index (χ0n) is 20.7. The second-order valence-electron chi connectivity index (χ2n) is 9.33. The number of nitrogens with zero attached hydrogens (tertiary/aromatic N) is 1. The summed E-state index contributed by atoms with van der Waals surface area (Å²) in [5.74, 6) is -2.26. The normalized spacial score (nSPS) is 17.1. The highest BCUT2D eigenvalue weighted by Gasteiger charge is 2.47. The first kappa shape index (κ1) is 24.1. The number of aromatic nitrogens is 1. The fraction of sp³-hybridized carbons (Fsp3) is 0.167. The van der Waals surface area contributed by atoms with E-state index in [1.165, 1.54) is 4.90 Å². The lowest BCUT2D eigenvalue weighted by atomic mass is 9.94. The molecule has 1 unspecified atom stereocenters. The number of carbonyl (C=O) groups is 3. The molecule has 37 heavy (non-hydrogen) atoms. The van der Waals surface area contributed by atoms with Gasteiger partial charge in [0.2, 0.25) is 0 Å². The number of amides is 1. The van der Waals surface area contributed by atoms with E-state index < -0.39 is 23.7 Å². The highest BCUT2D eigenvalue weighted by Crippen LogP contribution is 2.43. The SMILES string of the molecule is Cc1cccc(C2/C(=C(/O)c3c[nH]c4ccccc34)C(=O)C(=O)N2c2ccc(C(=O)OC(C)C)cc2)c1. The molecule has 1 aliphatic heterocycles. The molecule has 0 spiro atoms. The van der Waals surface area contributed by atoms with Crippen molar-refractivity contribution in [3.63, 3.8) is 0 Å². The molecule has 186 valence electrons. The van der Waals surface area contributed by atoms with Gasteiger partial charge in [0.15, 0.2) is 0 Å². The van der Waals surface area contributed by atoms with Crippen LogP contribution >= 0.6 is 0 Å². The lowest BCUT2D eigenvalue weighted by Crippen LogP contribution is -2.29. The number of hydrogen-bond acceptors (Lipinski definition) is 5. The Morgan fingerprint density at radius 3 is 2.43 bits per heavy atom. The van der Waals surface area contributed by atoms with Crippen LogP contribution in [0.1, 0.15) is 46.9 Å². The molecule has 3 aromatic carbocycles. The number of benzene rings is 3. The van der Waals surface area contributed by atoms with E-state index in [1.807, 2.05) is 55.5 Å². The fourth-order valence-electron chi connectivity index (χ4n) is 4.71. The molecule has 1 aliphatic rings. The maximum Gasteiger partial charge on any atom is 0.338 e. The van der Waals surface area contributed by atoms with Gasteiger partial charge < -0.3 is 14.8 Å². The van der Waals surface area contributed by atoms with Crippen LogP contribution in [0.25, 0.3) is 16.7 Å². The third-order valence-electron chi connectivity index (χ3n) is 6.37. The molecule has 2 heterocycles. The highest BCUT2D eigenvalue weighted by molar-refractivity contribution is 6.51. The summed E-state index contributed by atoms with van der Waals surface area (Å²) in [5, 5.41) is 12.2. The first-order valence-electron chi connectivity index (χ1n) is 12.0. The number of aliphatic hydroxyl groups excluding tert-OH is 1. The summed E-state index contributed by atoms with van der Waals surface area (Å²) in [5.41, 5.74) is 3.63. The van der Waals surface area contributed by atoms with Gasteiger partial charge in [0.1, 0.15) is 5.76 Å². The first-order chi connectivity index (χ1) is 17.8. The maximum atomic E-state index is 13.4. The fourth-order valence-corrected chi connectivity index (χ4v) is 4.71. The zero-order chi connectivity index (χ0) is 26.3. The van der Waals surface area contributed by atoms with Crippen molar-refractivity contribution >= 4 is 40.0 Å². The van der Waals surface area contributed by atoms with Crippen molar-refractivity contribution in [3.8, 4) is 0 Å². The minimum absolute atomic E-state index is 0.00338. The summed E-state index contributed by atoms with van der Waals surface area (Å²) >= 11 is 0. The van der Waals surface area contributed by atoms with E-state index in [2.05, 4.69) is 4.98 Å². The molecule has 4 aromatic rings. The van der Waals surface area contributed by atoms with Crippen molar-refractivity contribution in [3.05, 3.63) is 107 Å². The predicted octanol–water partition coefficient (Wildman–Crippen LogP) is 5.67. The minimum Gasteiger partial charge on any atom is -0.507 e. The zero-order valence-corrected chi connectivity index (χ0v) is 20.7. The molecule has 0 aliphatic carbocycles. The van der Waals surface area contributed by atoms with Crippen LogP contribution in [-0.2, 0) is 14.3 Å². The van der Waals surface area contributed by atoms with Crippen molar-refractivity contribution in [1.29, 1.82) is 0 Å². The summed E-state index contributed by atoms with van der Waals surface area (Å²) in [7, 11) is 0. The van der Waals surface area contributed by atoms with E-state index in [9.17, 15) is 19.5 Å². The molecule has 1 aromatic heterocycles. The number of para-hydroxylation sites is 1. The monoisotopic (exact) mass is 494 g/mol.